The van der Waals surface area contributed by atoms with Gasteiger partial charge in [0.1, 0.15) is 5.69 Å². The Bertz CT molecular complexity index is 382. The molecule has 5 nitrogen and oxygen atoms in total. The molecule has 0 aliphatic rings. The van der Waals surface area contributed by atoms with Crippen LogP contribution in [-0.2, 0) is 11.3 Å². The highest BCUT2D eigenvalue weighted by Gasteiger charge is 2.11. The zero-order valence-electron chi connectivity index (χ0n) is 8.56. The first-order valence-electron chi connectivity index (χ1n) is 4.70. The molecule has 1 aromatic heterocycles. The third-order valence-electron chi connectivity index (χ3n) is 2.22. The zero-order valence-corrected chi connectivity index (χ0v) is 8.56. The Morgan fingerprint density at radius 2 is 2.13 bits per heavy atom. The third-order valence-corrected chi connectivity index (χ3v) is 2.22. The van der Waals surface area contributed by atoms with Gasteiger partial charge in [0, 0.05) is 18.7 Å². The second kappa shape index (κ2) is 4.63. The van der Waals surface area contributed by atoms with Gasteiger partial charge in [-0.25, -0.2) is 4.79 Å². The van der Waals surface area contributed by atoms with Crippen LogP contribution >= 0.6 is 0 Å². The number of carboxylic acids is 1. The van der Waals surface area contributed by atoms with Crippen molar-refractivity contribution in [3.8, 4) is 0 Å². The van der Waals surface area contributed by atoms with Gasteiger partial charge in [0.25, 0.3) is 0 Å². The van der Waals surface area contributed by atoms with E-state index < -0.39 is 5.97 Å². The van der Waals surface area contributed by atoms with Gasteiger partial charge >= 0.3 is 5.97 Å². The van der Waals surface area contributed by atoms with Crippen molar-refractivity contribution in [1.82, 2.24) is 4.57 Å². The van der Waals surface area contributed by atoms with Crippen LogP contribution in [0.3, 0.4) is 0 Å². The van der Waals surface area contributed by atoms with Crippen molar-refractivity contribution < 1.29 is 14.7 Å². The molecule has 0 saturated heterocycles. The van der Waals surface area contributed by atoms with Gasteiger partial charge in [0.15, 0.2) is 0 Å². The molecule has 0 atom stereocenters. The average Bonchev–Trinajstić information content (AvgIpc) is 2.47. The van der Waals surface area contributed by atoms with Crippen molar-refractivity contribution in [2.75, 3.05) is 0 Å². The summed E-state index contributed by atoms with van der Waals surface area (Å²) in [5, 5.41) is 8.88. The Hall–Kier alpha value is -1.78. The smallest absolute Gasteiger partial charge is 0.352 e. The summed E-state index contributed by atoms with van der Waals surface area (Å²) in [6.45, 7) is 2.33. The van der Waals surface area contributed by atoms with Crippen molar-refractivity contribution in [2.45, 2.75) is 26.3 Å². The maximum atomic E-state index is 10.8. The lowest BCUT2D eigenvalue weighted by molar-refractivity contribution is -0.118. The first-order chi connectivity index (χ1) is 7.02. The minimum absolute atomic E-state index is 0.247. The van der Waals surface area contributed by atoms with Gasteiger partial charge in [-0.1, -0.05) is 0 Å². The van der Waals surface area contributed by atoms with Crippen molar-refractivity contribution in [2.24, 2.45) is 5.73 Å². The molecule has 0 aliphatic heterocycles. The van der Waals surface area contributed by atoms with Crippen molar-refractivity contribution in [1.29, 1.82) is 0 Å². The summed E-state index contributed by atoms with van der Waals surface area (Å²) in [5.41, 5.74) is 6.12. The molecule has 15 heavy (non-hydrogen) atoms. The third kappa shape index (κ3) is 2.83. The highest BCUT2D eigenvalue weighted by atomic mass is 16.4. The Morgan fingerprint density at radius 3 is 2.67 bits per heavy atom. The summed E-state index contributed by atoms with van der Waals surface area (Å²) in [5.74, 6) is -1.32. The van der Waals surface area contributed by atoms with E-state index in [1.165, 1.54) is 0 Å². The number of carboxylic acid groups (broad SMARTS) is 1. The summed E-state index contributed by atoms with van der Waals surface area (Å²) in [4.78, 5) is 21.3. The number of nitrogens with zero attached hydrogens (tertiary/aromatic N) is 1. The van der Waals surface area contributed by atoms with Crippen LogP contribution in [0, 0.1) is 6.92 Å². The van der Waals surface area contributed by atoms with Gasteiger partial charge < -0.3 is 15.4 Å². The maximum absolute atomic E-state index is 10.8. The second-order valence-corrected chi connectivity index (χ2v) is 3.39. The molecule has 0 unspecified atom stereocenters. The number of primary amides is 1. The number of carbonyl (C=O) groups is 2. The molecule has 0 saturated carbocycles. The first-order valence-corrected chi connectivity index (χ1v) is 4.70. The number of aryl methyl sites for hydroxylation is 1. The highest BCUT2D eigenvalue weighted by molar-refractivity contribution is 5.86. The van der Waals surface area contributed by atoms with Crippen molar-refractivity contribution in [3.63, 3.8) is 0 Å². The molecule has 1 amide bonds. The molecule has 5 heteroatoms. The lowest BCUT2D eigenvalue weighted by Gasteiger charge is -2.07. The average molecular weight is 210 g/mol. The number of amides is 1. The van der Waals surface area contributed by atoms with E-state index in [0.717, 1.165) is 5.69 Å². The Kier molecular flexibility index (Phi) is 3.49. The van der Waals surface area contributed by atoms with Gasteiger partial charge in [0.2, 0.25) is 5.91 Å². The van der Waals surface area contributed by atoms with Crippen LogP contribution in [0.1, 0.15) is 29.0 Å². The van der Waals surface area contributed by atoms with Crippen LogP contribution in [0.15, 0.2) is 12.1 Å². The van der Waals surface area contributed by atoms with Gasteiger partial charge in [-0.05, 0) is 25.5 Å². The van der Waals surface area contributed by atoms with E-state index in [4.69, 9.17) is 10.8 Å². The molecule has 1 heterocycles. The molecule has 0 radical (unpaired) electrons. The Balaban J connectivity index is 2.70. The maximum Gasteiger partial charge on any atom is 0.352 e. The molecule has 0 spiro atoms. The molecule has 0 aromatic carbocycles. The quantitative estimate of drug-likeness (QED) is 0.752. The number of carbonyl (C=O) groups excluding carboxylic acids is 1. The molecule has 0 aliphatic carbocycles. The summed E-state index contributed by atoms with van der Waals surface area (Å²) in [7, 11) is 0. The lowest BCUT2D eigenvalue weighted by Crippen LogP contribution is -2.14. The van der Waals surface area contributed by atoms with E-state index in [1.54, 1.807) is 16.7 Å². The van der Waals surface area contributed by atoms with Gasteiger partial charge in [-0.15, -0.1) is 0 Å². The standard InChI is InChI=1S/C10H14N2O3/c1-7-4-5-8(10(14)15)12(7)6-2-3-9(11)13/h4-5H,2-3,6H2,1H3,(H2,11,13)(H,14,15). The van der Waals surface area contributed by atoms with Crippen molar-refractivity contribution in [3.05, 3.63) is 23.5 Å². The summed E-state index contributed by atoms with van der Waals surface area (Å²) >= 11 is 0. The molecule has 82 valence electrons. The summed E-state index contributed by atoms with van der Waals surface area (Å²) in [6.07, 6.45) is 0.835. The lowest BCUT2D eigenvalue weighted by atomic mass is 10.3. The van der Waals surface area contributed by atoms with Gasteiger partial charge in [0.05, 0.1) is 0 Å². The van der Waals surface area contributed by atoms with Crippen LogP contribution in [0.5, 0.6) is 0 Å². The number of hydrogen-bond donors (Lipinski definition) is 2. The van der Waals surface area contributed by atoms with Gasteiger partial charge in [-0.2, -0.15) is 0 Å². The van der Waals surface area contributed by atoms with E-state index in [2.05, 4.69) is 0 Å². The molecular formula is C10H14N2O3. The highest BCUT2D eigenvalue weighted by Crippen LogP contribution is 2.10. The number of aromatic carboxylic acids is 1. The molecule has 0 fully saturated rings. The normalized spacial score (nSPS) is 10.2. The van der Waals surface area contributed by atoms with E-state index >= 15 is 0 Å². The minimum atomic E-state index is -0.956. The largest absolute Gasteiger partial charge is 0.477 e. The zero-order chi connectivity index (χ0) is 11.4. The predicted molar refractivity (Wildman–Crippen MR) is 54.6 cm³/mol. The van der Waals surface area contributed by atoms with Crippen LogP contribution in [-0.4, -0.2) is 21.6 Å². The molecule has 3 N–H and O–H groups in total. The van der Waals surface area contributed by atoms with E-state index in [1.807, 2.05) is 6.92 Å². The van der Waals surface area contributed by atoms with E-state index in [-0.39, 0.29) is 18.0 Å². The fourth-order valence-corrected chi connectivity index (χ4v) is 1.46. The summed E-state index contributed by atoms with van der Waals surface area (Å²) < 4.78 is 1.67. The molecular weight excluding hydrogens is 196 g/mol. The van der Waals surface area contributed by atoms with E-state index in [0.29, 0.717) is 13.0 Å². The second-order valence-electron chi connectivity index (χ2n) is 3.39. The number of aromatic nitrogens is 1. The molecule has 1 aromatic rings. The van der Waals surface area contributed by atoms with Crippen LogP contribution in [0.2, 0.25) is 0 Å². The number of nitrogens with two attached hydrogens (primary N) is 1. The number of rotatable bonds is 5. The van der Waals surface area contributed by atoms with Crippen LogP contribution in [0.4, 0.5) is 0 Å². The SMILES string of the molecule is Cc1ccc(C(=O)O)n1CCCC(N)=O. The molecule has 0 bridgehead atoms. The Morgan fingerprint density at radius 1 is 1.47 bits per heavy atom. The van der Waals surface area contributed by atoms with E-state index in [9.17, 15) is 9.59 Å². The minimum Gasteiger partial charge on any atom is -0.477 e. The van der Waals surface area contributed by atoms with Crippen LogP contribution in [0.25, 0.3) is 0 Å². The fraction of sp³-hybridized carbons (Fsp3) is 0.400. The Labute approximate surface area is 87.5 Å². The monoisotopic (exact) mass is 210 g/mol. The fourth-order valence-electron chi connectivity index (χ4n) is 1.46. The topological polar surface area (TPSA) is 85.3 Å². The molecule has 1 rings (SSSR count). The van der Waals surface area contributed by atoms with Crippen LogP contribution < -0.4 is 5.73 Å². The summed E-state index contributed by atoms with van der Waals surface area (Å²) in [6, 6.07) is 3.30. The van der Waals surface area contributed by atoms with Crippen molar-refractivity contribution >= 4 is 11.9 Å². The van der Waals surface area contributed by atoms with Gasteiger partial charge in [-0.3, -0.25) is 4.79 Å². The first kappa shape index (κ1) is 11.3. The number of hydrogen-bond acceptors (Lipinski definition) is 2. The predicted octanol–water partition coefficient (Wildman–Crippen LogP) is 0.760.